The lowest BCUT2D eigenvalue weighted by Crippen LogP contribution is -2.59. The predicted molar refractivity (Wildman–Crippen MR) is 328 cm³/mol. The van der Waals surface area contributed by atoms with Crippen LogP contribution in [0.1, 0.15) is 102 Å². The van der Waals surface area contributed by atoms with Gasteiger partial charge in [0.1, 0.15) is 37.6 Å². The van der Waals surface area contributed by atoms with Crippen molar-refractivity contribution in [2.75, 3.05) is 19.8 Å². The summed E-state index contributed by atoms with van der Waals surface area (Å²) in [5.74, 6) is -6.51. The van der Waals surface area contributed by atoms with E-state index in [4.69, 9.17) is 42.6 Å². The first kappa shape index (κ1) is 64.2. The molecule has 0 bridgehead atoms. The van der Waals surface area contributed by atoms with Crippen LogP contribution >= 0.6 is 0 Å². The molecule has 0 aliphatic carbocycles. The number of carbonyl (C=O) groups is 8. The van der Waals surface area contributed by atoms with Gasteiger partial charge in [0, 0.05) is 18.4 Å². The molecule has 3 heterocycles. The van der Waals surface area contributed by atoms with Crippen molar-refractivity contribution in [2.24, 2.45) is 11.8 Å². The molecule has 10 atom stereocenters. The molecule has 2 saturated heterocycles. The Hall–Kier alpha value is -10.8. The van der Waals surface area contributed by atoms with Crippen LogP contribution in [0.25, 0.3) is 0 Å². The summed E-state index contributed by atoms with van der Waals surface area (Å²) in [4.78, 5) is 105. The first-order valence-corrected chi connectivity index (χ1v) is 29.5. The Bertz CT molecular complexity index is 3840. The summed E-state index contributed by atoms with van der Waals surface area (Å²) in [6, 6.07) is 61.1. The van der Waals surface area contributed by atoms with Crippen LogP contribution in [0.2, 0.25) is 0 Å². The first-order chi connectivity index (χ1) is 44.6. The number of phenolic OH excluding ortho intramolecular Hbond substituents is 1. The van der Waals surface area contributed by atoms with Gasteiger partial charge in [0.25, 0.3) is 11.8 Å². The number of hydrogen-bond donors (Lipinski definition) is 2. The maximum atomic E-state index is 13.5. The number of aliphatic hydroxyl groups excluding tert-OH is 1. The summed E-state index contributed by atoms with van der Waals surface area (Å²) in [7, 11) is 0. The molecule has 20 nitrogen and oxygen atoms in total. The number of amides is 2. The number of aliphatic hydroxyl groups is 1. The number of ether oxygens (including phenoxy) is 9. The quantitative estimate of drug-likeness (QED) is 0.0433. The Balaban J connectivity index is 0.000000222. The number of rotatable bonds is 19. The highest BCUT2D eigenvalue weighted by atomic mass is 16.7. The fourth-order valence-corrected chi connectivity index (χ4v) is 10.6. The number of phenols is 1. The fourth-order valence-electron chi connectivity index (χ4n) is 10.6. The van der Waals surface area contributed by atoms with Gasteiger partial charge in [-0.25, -0.2) is 28.8 Å². The third-order valence-electron chi connectivity index (χ3n) is 15.5. The van der Waals surface area contributed by atoms with E-state index in [1.54, 1.807) is 226 Å². The molecule has 20 heteroatoms. The van der Waals surface area contributed by atoms with Gasteiger partial charge in [-0.15, -0.1) is 0 Å². The minimum Gasteiger partial charge on any atom is -0.504 e. The molecule has 0 aromatic heterocycles. The molecule has 8 aromatic rings. The number of imide groups is 1. The molecular weight excluding hydrogens is 1180 g/mol. The minimum atomic E-state index is -1.53. The Labute approximate surface area is 528 Å². The molecule has 2 amide bonds. The van der Waals surface area contributed by atoms with Crippen molar-refractivity contribution in [3.63, 3.8) is 0 Å². The molecule has 3 aliphatic rings. The number of fused-ring (bicyclic) bond motifs is 1. The van der Waals surface area contributed by atoms with Gasteiger partial charge in [-0.3, -0.25) is 14.5 Å². The minimum absolute atomic E-state index is 0.0532. The standard InChI is InChI=1S/C44H37NO11.C28H26O8/c1-27-37(55-42(50)30-15-7-3-8-16-30)36(26-52-41(49)29-13-5-2-6-14-29)54-44(38(27)56-43(51)31-17-9-4-10-18-31)53-35-25-28(21-22-34(35)46)23-24-45-39(47)32-19-11-12-20-33(32)40(45)48;1-18-23(35-26(30)20-13-7-3-8-14-20)22(17-33-25(29)19-11-5-2-6-12-19)34-28(32)24(18)36-27(31)21-15-9-4-10-16-21/h2-22,25,27,36-38,44,46H,23-24,26H2,1H3;2-16,18,22-24,28,32H,17H2,1H3. The molecule has 10 unspecified atom stereocenters. The summed E-state index contributed by atoms with van der Waals surface area (Å²) in [6.07, 6.45) is -9.29. The monoisotopic (exact) mass is 1250 g/mol. The smallest absolute Gasteiger partial charge is 0.338 e. The molecule has 470 valence electrons. The van der Waals surface area contributed by atoms with Crippen molar-refractivity contribution in [1.29, 1.82) is 0 Å². The van der Waals surface area contributed by atoms with Gasteiger partial charge >= 0.3 is 35.8 Å². The third-order valence-corrected chi connectivity index (χ3v) is 15.5. The summed E-state index contributed by atoms with van der Waals surface area (Å²) in [5.41, 5.74) is 3.04. The van der Waals surface area contributed by atoms with E-state index in [0.29, 0.717) is 38.9 Å². The van der Waals surface area contributed by atoms with E-state index in [9.17, 15) is 48.6 Å². The topological polar surface area (TPSA) is 263 Å². The number of esters is 6. The number of carbonyl (C=O) groups excluding carboxylic acids is 8. The average Bonchev–Trinajstić information content (AvgIpc) is 1.20. The molecule has 2 fully saturated rings. The van der Waals surface area contributed by atoms with Crippen LogP contribution in [0.15, 0.2) is 224 Å². The van der Waals surface area contributed by atoms with Crippen molar-refractivity contribution in [3.8, 4) is 11.5 Å². The van der Waals surface area contributed by atoms with E-state index >= 15 is 0 Å². The molecule has 0 saturated carbocycles. The van der Waals surface area contributed by atoms with Crippen LogP contribution < -0.4 is 4.74 Å². The SMILES string of the molecule is CC1C(OC(=O)c2ccccc2)C(COC(=O)c2ccccc2)OC(Oc2cc(CCN3C(=O)c4ccccc4C3=O)ccc2O)C1OC(=O)c1ccccc1.CC1C(OC(=O)c2ccccc2)C(O)OC(COC(=O)c2ccccc2)C1OC(=O)c1ccccc1. The summed E-state index contributed by atoms with van der Waals surface area (Å²) in [5, 5.41) is 21.7. The van der Waals surface area contributed by atoms with Crippen molar-refractivity contribution in [2.45, 2.75) is 69.5 Å². The maximum absolute atomic E-state index is 13.5. The second-order valence-electron chi connectivity index (χ2n) is 21.7. The van der Waals surface area contributed by atoms with E-state index in [1.807, 2.05) is 0 Å². The second-order valence-corrected chi connectivity index (χ2v) is 21.7. The molecule has 3 aliphatic heterocycles. The molecule has 11 rings (SSSR count). The van der Waals surface area contributed by atoms with Crippen LogP contribution in [0.4, 0.5) is 0 Å². The Morgan fingerprint density at radius 1 is 0.424 bits per heavy atom. The van der Waals surface area contributed by atoms with E-state index in [1.165, 1.54) is 17.0 Å². The van der Waals surface area contributed by atoms with Crippen molar-refractivity contribution >= 4 is 47.6 Å². The van der Waals surface area contributed by atoms with Crippen LogP contribution in [0.5, 0.6) is 11.5 Å². The van der Waals surface area contributed by atoms with Gasteiger partial charge in [0.05, 0.1) is 44.5 Å². The zero-order chi connectivity index (χ0) is 64.7. The summed E-state index contributed by atoms with van der Waals surface area (Å²) >= 11 is 0. The second kappa shape index (κ2) is 30.1. The van der Waals surface area contributed by atoms with E-state index in [0.717, 1.165) is 0 Å². The highest BCUT2D eigenvalue weighted by Gasteiger charge is 2.51. The number of aromatic hydroxyl groups is 1. The van der Waals surface area contributed by atoms with Crippen molar-refractivity contribution in [1.82, 2.24) is 4.90 Å². The summed E-state index contributed by atoms with van der Waals surface area (Å²) in [6.45, 7) is 2.75. The molecular formula is C72H63NO19. The lowest BCUT2D eigenvalue weighted by Gasteiger charge is -2.43. The van der Waals surface area contributed by atoms with Crippen LogP contribution in [0, 0.1) is 11.8 Å². The third kappa shape index (κ3) is 15.6. The van der Waals surface area contributed by atoms with E-state index in [2.05, 4.69) is 0 Å². The van der Waals surface area contributed by atoms with Crippen LogP contribution in [-0.4, -0.2) is 132 Å². The Kier molecular flexibility index (Phi) is 21.0. The summed E-state index contributed by atoms with van der Waals surface area (Å²) < 4.78 is 52.7. The van der Waals surface area contributed by atoms with E-state index in [-0.39, 0.29) is 48.8 Å². The fraction of sp³-hybridized carbons (Fsp3) is 0.222. The Morgan fingerprint density at radius 3 is 1.16 bits per heavy atom. The lowest BCUT2D eigenvalue weighted by molar-refractivity contribution is -0.269. The highest BCUT2D eigenvalue weighted by molar-refractivity contribution is 6.21. The number of nitrogens with zero attached hydrogens (tertiary/aromatic N) is 1. The molecule has 0 spiro atoms. The first-order valence-electron chi connectivity index (χ1n) is 29.5. The number of benzene rings is 8. The normalized spacial score (nSPS) is 21.4. The van der Waals surface area contributed by atoms with Crippen molar-refractivity contribution in [3.05, 3.63) is 275 Å². The van der Waals surface area contributed by atoms with Gasteiger partial charge in [0.15, 0.2) is 30.0 Å². The molecule has 92 heavy (non-hydrogen) atoms. The van der Waals surface area contributed by atoms with Gasteiger partial charge in [-0.2, -0.15) is 0 Å². The van der Waals surface area contributed by atoms with Crippen LogP contribution in [0.3, 0.4) is 0 Å². The average molecular weight is 1250 g/mol. The van der Waals surface area contributed by atoms with Gasteiger partial charge < -0.3 is 52.8 Å². The molecule has 2 N–H and O–H groups in total. The van der Waals surface area contributed by atoms with Crippen molar-refractivity contribution < 1.29 is 91.2 Å². The largest absolute Gasteiger partial charge is 0.504 e. The zero-order valence-corrected chi connectivity index (χ0v) is 49.7. The lowest BCUT2D eigenvalue weighted by atomic mass is 9.90. The van der Waals surface area contributed by atoms with Crippen LogP contribution in [-0.2, 0) is 44.3 Å². The zero-order valence-electron chi connectivity index (χ0n) is 49.7. The number of hydrogen-bond acceptors (Lipinski definition) is 19. The van der Waals surface area contributed by atoms with E-state index < -0.39 is 109 Å². The maximum Gasteiger partial charge on any atom is 0.338 e. The predicted octanol–water partition coefficient (Wildman–Crippen LogP) is 9.93. The van der Waals surface area contributed by atoms with Gasteiger partial charge in [-0.05, 0) is 109 Å². The van der Waals surface area contributed by atoms with Gasteiger partial charge in [-0.1, -0.05) is 141 Å². The highest BCUT2D eigenvalue weighted by Crippen LogP contribution is 2.37. The Morgan fingerprint density at radius 2 is 0.761 bits per heavy atom. The molecule has 0 radical (unpaired) electrons. The van der Waals surface area contributed by atoms with Gasteiger partial charge in [0.2, 0.25) is 6.29 Å². The molecule has 8 aromatic carbocycles.